The van der Waals surface area contributed by atoms with Crippen LogP contribution in [0.3, 0.4) is 0 Å². The Bertz CT molecular complexity index is 415. The monoisotopic (exact) mass is 245 g/mol. The van der Waals surface area contributed by atoms with Gasteiger partial charge in [-0.15, -0.1) is 11.8 Å². The molecular weight excluding hydrogens is 230 g/mol. The van der Waals surface area contributed by atoms with E-state index in [0.29, 0.717) is 12.1 Å². The molecule has 0 saturated carbocycles. The molecule has 0 bridgehead atoms. The summed E-state index contributed by atoms with van der Waals surface area (Å²) in [5.74, 6) is 0.163. The molecule has 5 heteroatoms. The highest BCUT2D eigenvalue weighted by Gasteiger charge is 2.08. The van der Waals surface area contributed by atoms with Gasteiger partial charge >= 0.3 is 0 Å². The molecule has 1 N–H and O–H groups in total. The van der Waals surface area contributed by atoms with Crippen LogP contribution in [0, 0.1) is 0 Å². The van der Waals surface area contributed by atoms with Crippen molar-refractivity contribution < 1.29 is 8.42 Å². The molecule has 1 aromatic rings. The number of benzene rings is 1. The van der Waals surface area contributed by atoms with Crippen LogP contribution in [0.1, 0.15) is 13.3 Å². The van der Waals surface area contributed by atoms with Gasteiger partial charge in [-0.3, -0.25) is 4.72 Å². The molecule has 0 aliphatic rings. The molecule has 0 aliphatic heterocycles. The van der Waals surface area contributed by atoms with Crippen LogP contribution in [-0.2, 0) is 10.0 Å². The lowest BCUT2D eigenvalue weighted by atomic mass is 10.3. The first-order valence-electron chi connectivity index (χ1n) is 4.72. The third kappa shape index (κ3) is 4.13. The van der Waals surface area contributed by atoms with Gasteiger partial charge in [-0.2, -0.15) is 0 Å². The topological polar surface area (TPSA) is 46.2 Å². The van der Waals surface area contributed by atoms with Gasteiger partial charge in [-0.1, -0.05) is 13.0 Å². The molecule has 0 saturated heterocycles. The second-order valence-electron chi connectivity index (χ2n) is 3.15. The Morgan fingerprint density at radius 3 is 2.73 bits per heavy atom. The molecule has 3 nitrogen and oxygen atoms in total. The highest BCUT2D eigenvalue weighted by atomic mass is 32.2. The Kier molecular flexibility index (Phi) is 4.47. The zero-order valence-electron chi connectivity index (χ0n) is 8.86. The third-order valence-corrected chi connectivity index (χ3v) is 4.03. The summed E-state index contributed by atoms with van der Waals surface area (Å²) in [5, 5.41) is 0. The lowest BCUT2D eigenvalue weighted by Crippen LogP contribution is -2.15. The maximum atomic E-state index is 11.5. The summed E-state index contributed by atoms with van der Waals surface area (Å²) in [6, 6.07) is 7.38. The molecule has 0 aromatic heterocycles. The van der Waals surface area contributed by atoms with Crippen LogP contribution < -0.4 is 4.72 Å². The summed E-state index contributed by atoms with van der Waals surface area (Å²) in [5.41, 5.74) is 0.635. The summed E-state index contributed by atoms with van der Waals surface area (Å²) in [7, 11) is -3.17. The van der Waals surface area contributed by atoms with Gasteiger partial charge in [0, 0.05) is 10.6 Å². The maximum Gasteiger partial charge on any atom is 0.232 e. The van der Waals surface area contributed by atoms with Gasteiger partial charge < -0.3 is 0 Å². The van der Waals surface area contributed by atoms with Crippen molar-refractivity contribution in [2.24, 2.45) is 0 Å². The largest absolute Gasteiger partial charge is 0.284 e. The summed E-state index contributed by atoms with van der Waals surface area (Å²) < 4.78 is 25.5. The van der Waals surface area contributed by atoms with Crippen molar-refractivity contribution in [3.05, 3.63) is 24.3 Å². The van der Waals surface area contributed by atoms with Gasteiger partial charge in [0.15, 0.2) is 0 Å². The lowest BCUT2D eigenvalue weighted by molar-refractivity contribution is 0.600. The summed E-state index contributed by atoms with van der Waals surface area (Å²) >= 11 is 1.59. The van der Waals surface area contributed by atoms with Crippen LogP contribution in [-0.4, -0.2) is 20.4 Å². The summed E-state index contributed by atoms with van der Waals surface area (Å²) in [6.07, 6.45) is 2.58. The molecular formula is C10H15NO2S2. The second-order valence-corrected chi connectivity index (χ2v) is 5.87. The molecule has 0 spiro atoms. The molecule has 84 valence electrons. The molecule has 15 heavy (non-hydrogen) atoms. The van der Waals surface area contributed by atoms with E-state index in [4.69, 9.17) is 0 Å². The number of sulfonamides is 1. The number of rotatable bonds is 5. The van der Waals surface area contributed by atoms with Crippen molar-refractivity contribution in [1.29, 1.82) is 0 Å². The molecule has 1 rings (SSSR count). The first-order valence-corrected chi connectivity index (χ1v) is 7.59. The van der Waals surface area contributed by atoms with E-state index in [1.807, 2.05) is 31.4 Å². The third-order valence-electron chi connectivity index (χ3n) is 1.82. The fourth-order valence-corrected chi connectivity index (χ4v) is 2.77. The van der Waals surface area contributed by atoms with E-state index in [1.54, 1.807) is 17.8 Å². The Labute approximate surface area is 95.3 Å². The van der Waals surface area contributed by atoms with Gasteiger partial charge in [-0.05, 0) is 30.9 Å². The normalized spacial score (nSPS) is 11.3. The number of thioether (sulfide) groups is 1. The van der Waals surface area contributed by atoms with Crippen LogP contribution >= 0.6 is 11.8 Å². The molecule has 1 aromatic carbocycles. The van der Waals surface area contributed by atoms with Crippen LogP contribution in [0.25, 0.3) is 0 Å². The Balaban J connectivity index is 2.80. The highest BCUT2D eigenvalue weighted by molar-refractivity contribution is 7.98. The predicted octanol–water partition coefficient (Wildman–Crippen LogP) is 2.56. The molecule has 0 unspecified atom stereocenters. The minimum atomic E-state index is -3.17. The lowest BCUT2D eigenvalue weighted by Gasteiger charge is -2.07. The number of nitrogens with one attached hydrogen (secondary N) is 1. The van der Waals surface area contributed by atoms with Gasteiger partial charge in [0.2, 0.25) is 10.0 Å². The van der Waals surface area contributed by atoms with E-state index in [9.17, 15) is 8.42 Å². The van der Waals surface area contributed by atoms with Crippen molar-refractivity contribution in [1.82, 2.24) is 0 Å². The number of anilines is 1. The quantitative estimate of drug-likeness (QED) is 0.811. The Hall–Kier alpha value is -0.680. The fourth-order valence-electron chi connectivity index (χ4n) is 1.19. The van der Waals surface area contributed by atoms with Gasteiger partial charge in [-0.25, -0.2) is 8.42 Å². The minimum Gasteiger partial charge on any atom is -0.284 e. The van der Waals surface area contributed by atoms with Gasteiger partial charge in [0.1, 0.15) is 0 Å². The summed E-state index contributed by atoms with van der Waals surface area (Å²) in [4.78, 5) is 1.05. The molecule has 0 aliphatic carbocycles. The van der Waals surface area contributed by atoms with E-state index in [1.165, 1.54) is 0 Å². The van der Waals surface area contributed by atoms with E-state index in [-0.39, 0.29) is 5.75 Å². The van der Waals surface area contributed by atoms with E-state index in [0.717, 1.165) is 4.90 Å². The second kappa shape index (κ2) is 5.42. The molecule has 0 fully saturated rings. The van der Waals surface area contributed by atoms with E-state index >= 15 is 0 Å². The van der Waals surface area contributed by atoms with Crippen molar-refractivity contribution in [3.63, 3.8) is 0 Å². The SMILES string of the molecule is CCCS(=O)(=O)Nc1cccc(SC)c1. The molecule has 0 atom stereocenters. The van der Waals surface area contributed by atoms with Gasteiger partial charge in [0.05, 0.1) is 5.75 Å². The van der Waals surface area contributed by atoms with Crippen molar-refractivity contribution in [2.75, 3.05) is 16.7 Å². The fraction of sp³-hybridized carbons (Fsp3) is 0.400. The van der Waals surface area contributed by atoms with Crippen molar-refractivity contribution >= 4 is 27.5 Å². The average Bonchev–Trinajstić information content (AvgIpc) is 2.17. The molecule has 0 radical (unpaired) electrons. The highest BCUT2D eigenvalue weighted by Crippen LogP contribution is 2.19. The zero-order chi connectivity index (χ0) is 11.3. The molecule has 0 amide bonds. The van der Waals surface area contributed by atoms with Crippen LogP contribution in [0.4, 0.5) is 5.69 Å². The summed E-state index contributed by atoms with van der Waals surface area (Å²) in [6.45, 7) is 1.84. The van der Waals surface area contributed by atoms with Crippen LogP contribution in [0.5, 0.6) is 0 Å². The van der Waals surface area contributed by atoms with E-state index < -0.39 is 10.0 Å². The van der Waals surface area contributed by atoms with E-state index in [2.05, 4.69) is 4.72 Å². The Morgan fingerprint density at radius 1 is 1.40 bits per heavy atom. The standard InChI is InChI=1S/C10H15NO2S2/c1-3-7-15(12,13)11-9-5-4-6-10(8-9)14-2/h4-6,8,11H,3,7H2,1-2H3. The number of hydrogen-bond acceptors (Lipinski definition) is 3. The van der Waals surface area contributed by atoms with Gasteiger partial charge in [0.25, 0.3) is 0 Å². The first kappa shape index (κ1) is 12.4. The maximum absolute atomic E-state index is 11.5. The smallest absolute Gasteiger partial charge is 0.232 e. The zero-order valence-corrected chi connectivity index (χ0v) is 10.5. The minimum absolute atomic E-state index is 0.163. The van der Waals surface area contributed by atoms with Crippen LogP contribution in [0.15, 0.2) is 29.2 Å². The van der Waals surface area contributed by atoms with Crippen molar-refractivity contribution in [2.45, 2.75) is 18.2 Å². The Morgan fingerprint density at radius 2 is 2.13 bits per heavy atom. The first-order chi connectivity index (χ1) is 7.07. The van der Waals surface area contributed by atoms with Crippen LogP contribution in [0.2, 0.25) is 0 Å². The number of hydrogen-bond donors (Lipinski definition) is 1. The molecule has 0 heterocycles. The average molecular weight is 245 g/mol. The van der Waals surface area contributed by atoms with Crippen molar-refractivity contribution in [3.8, 4) is 0 Å². The predicted molar refractivity (Wildman–Crippen MR) is 65.9 cm³/mol.